The van der Waals surface area contributed by atoms with Gasteiger partial charge in [-0.2, -0.15) is 0 Å². The molecule has 9 nitrogen and oxygen atoms in total. The van der Waals surface area contributed by atoms with Gasteiger partial charge in [-0.3, -0.25) is 14.4 Å². The number of carboxylic acids is 1. The van der Waals surface area contributed by atoms with E-state index in [1.165, 1.54) is 23.1 Å². The zero-order chi connectivity index (χ0) is 25.9. The third-order valence-corrected chi connectivity index (χ3v) is 6.54. The molecule has 1 unspecified atom stereocenters. The number of esters is 1. The fourth-order valence-corrected chi connectivity index (χ4v) is 4.79. The molecule has 11 heteroatoms. The molecule has 0 saturated carbocycles. The van der Waals surface area contributed by atoms with E-state index in [-0.39, 0.29) is 24.9 Å². The van der Waals surface area contributed by atoms with Gasteiger partial charge in [-0.15, -0.1) is 23.1 Å². The average Bonchev–Trinajstić information content (AvgIpc) is 3.28. The summed E-state index contributed by atoms with van der Waals surface area (Å²) in [5, 5.41) is 15.5. The van der Waals surface area contributed by atoms with Crippen LogP contribution >= 0.6 is 23.1 Å². The lowest BCUT2D eigenvalue weighted by Gasteiger charge is -2.17. The number of amides is 2. The standard InChI is InChI=1S/C25H23N3O6S2/c1-2-34-22(32)14-18-15-35-25(27-18)28-24(33)23(16-7-4-3-5-8-16)36-19-10-6-9-17(13-19)26-20(29)11-12-21(30)31/h3-13,15,23H,2,14H2,1H3,(H,26,29)(H,30,31)(H,27,28,33)/b12-11+. The van der Waals surface area contributed by atoms with Crippen molar-refractivity contribution in [3.8, 4) is 0 Å². The van der Waals surface area contributed by atoms with Gasteiger partial charge in [0.1, 0.15) is 5.25 Å². The molecule has 0 spiro atoms. The monoisotopic (exact) mass is 525 g/mol. The van der Waals surface area contributed by atoms with Gasteiger partial charge in [-0.1, -0.05) is 36.4 Å². The number of ether oxygens (including phenoxy) is 1. The SMILES string of the molecule is CCOC(=O)Cc1csc(NC(=O)C(Sc2cccc(NC(=O)/C=C/C(=O)O)c2)c2ccccc2)n1. The second-order valence-electron chi connectivity index (χ2n) is 7.21. The van der Waals surface area contributed by atoms with Gasteiger partial charge in [-0.05, 0) is 30.7 Å². The minimum Gasteiger partial charge on any atom is -0.478 e. The van der Waals surface area contributed by atoms with E-state index >= 15 is 0 Å². The van der Waals surface area contributed by atoms with Crippen LogP contribution in [0.1, 0.15) is 23.4 Å². The van der Waals surface area contributed by atoms with E-state index in [0.29, 0.717) is 21.4 Å². The highest BCUT2D eigenvalue weighted by Crippen LogP contribution is 2.37. The molecule has 2 amide bonds. The van der Waals surface area contributed by atoms with Crippen LogP contribution in [-0.2, 0) is 30.3 Å². The normalized spacial score (nSPS) is 11.6. The molecule has 3 aromatic rings. The Balaban J connectivity index is 1.75. The van der Waals surface area contributed by atoms with Gasteiger partial charge in [0.2, 0.25) is 11.8 Å². The van der Waals surface area contributed by atoms with Crippen LogP contribution in [0.5, 0.6) is 0 Å². The molecule has 0 fully saturated rings. The molecule has 1 aromatic heterocycles. The number of nitrogens with zero attached hydrogens (tertiary/aromatic N) is 1. The second-order valence-corrected chi connectivity index (χ2v) is 9.25. The Kier molecular flexibility index (Phi) is 9.78. The van der Waals surface area contributed by atoms with Crippen molar-refractivity contribution in [1.29, 1.82) is 0 Å². The minimum atomic E-state index is -1.22. The summed E-state index contributed by atoms with van der Waals surface area (Å²) in [6, 6.07) is 16.1. The Morgan fingerprint density at radius 3 is 2.58 bits per heavy atom. The maximum absolute atomic E-state index is 13.3. The smallest absolute Gasteiger partial charge is 0.328 e. The maximum atomic E-state index is 13.3. The van der Waals surface area contributed by atoms with Gasteiger partial charge in [0, 0.05) is 28.1 Å². The van der Waals surface area contributed by atoms with Crippen LogP contribution in [0, 0.1) is 0 Å². The Hall–Kier alpha value is -3.96. The third-order valence-electron chi connectivity index (χ3n) is 4.49. The predicted octanol–water partition coefficient (Wildman–Crippen LogP) is 4.30. The Bertz CT molecular complexity index is 1260. The number of rotatable bonds is 11. The summed E-state index contributed by atoms with van der Waals surface area (Å²) in [4.78, 5) is 52.5. The largest absolute Gasteiger partial charge is 0.478 e. The number of aliphatic carboxylic acids is 1. The quantitative estimate of drug-likeness (QED) is 0.192. The molecule has 0 bridgehead atoms. The highest BCUT2D eigenvalue weighted by Gasteiger charge is 2.23. The Labute approximate surface area is 215 Å². The van der Waals surface area contributed by atoms with Crippen molar-refractivity contribution < 1.29 is 29.0 Å². The van der Waals surface area contributed by atoms with Gasteiger partial charge in [0.25, 0.3) is 0 Å². The number of nitrogens with one attached hydrogen (secondary N) is 2. The lowest BCUT2D eigenvalue weighted by Crippen LogP contribution is -2.19. The van der Waals surface area contributed by atoms with Crippen molar-refractivity contribution in [2.24, 2.45) is 0 Å². The van der Waals surface area contributed by atoms with E-state index in [4.69, 9.17) is 9.84 Å². The number of hydrogen-bond acceptors (Lipinski definition) is 8. The number of carboxylic acid groups (broad SMARTS) is 1. The number of thiazole rings is 1. The van der Waals surface area contributed by atoms with Crippen molar-refractivity contribution in [3.63, 3.8) is 0 Å². The van der Waals surface area contributed by atoms with Crippen LogP contribution in [0.15, 0.2) is 77.0 Å². The minimum absolute atomic E-state index is 0.0250. The van der Waals surface area contributed by atoms with Gasteiger partial charge in [0.05, 0.1) is 18.7 Å². The summed E-state index contributed by atoms with van der Waals surface area (Å²) >= 11 is 2.50. The maximum Gasteiger partial charge on any atom is 0.328 e. The number of benzene rings is 2. The Morgan fingerprint density at radius 1 is 1.08 bits per heavy atom. The first kappa shape index (κ1) is 26.6. The van der Waals surface area contributed by atoms with E-state index in [0.717, 1.165) is 17.7 Å². The molecule has 36 heavy (non-hydrogen) atoms. The first-order chi connectivity index (χ1) is 17.3. The van der Waals surface area contributed by atoms with Crippen LogP contribution < -0.4 is 10.6 Å². The third kappa shape index (κ3) is 8.36. The van der Waals surface area contributed by atoms with Gasteiger partial charge in [-0.25, -0.2) is 9.78 Å². The first-order valence-electron chi connectivity index (χ1n) is 10.8. The molecular weight excluding hydrogens is 502 g/mol. The molecule has 0 aliphatic heterocycles. The number of carbonyl (C=O) groups excluding carboxylic acids is 3. The lowest BCUT2D eigenvalue weighted by molar-refractivity contribution is -0.142. The fraction of sp³-hybridized carbons (Fsp3) is 0.160. The zero-order valence-corrected chi connectivity index (χ0v) is 20.8. The van der Waals surface area contributed by atoms with Crippen molar-refractivity contribution in [3.05, 3.63) is 83.4 Å². The number of thioether (sulfide) groups is 1. The molecule has 2 aromatic carbocycles. The first-order valence-corrected chi connectivity index (χ1v) is 12.5. The lowest BCUT2D eigenvalue weighted by atomic mass is 10.1. The summed E-state index contributed by atoms with van der Waals surface area (Å²) in [6.45, 7) is 2.01. The predicted molar refractivity (Wildman–Crippen MR) is 138 cm³/mol. The Morgan fingerprint density at radius 2 is 1.86 bits per heavy atom. The van der Waals surface area contributed by atoms with E-state index in [2.05, 4.69) is 15.6 Å². The number of carbonyl (C=O) groups is 4. The van der Waals surface area contributed by atoms with E-state index < -0.39 is 17.1 Å². The topological polar surface area (TPSA) is 135 Å². The van der Waals surface area contributed by atoms with Gasteiger partial charge < -0.3 is 20.5 Å². The van der Waals surface area contributed by atoms with Crippen LogP contribution in [0.25, 0.3) is 0 Å². The molecule has 1 atom stereocenters. The number of anilines is 2. The van der Waals surface area contributed by atoms with Crippen LogP contribution in [0.2, 0.25) is 0 Å². The van der Waals surface area contributed by atoms with Crippen molar-refractivity contribution in [2.75, 3.05) is 17.2 Å². The molecular formula is C25H23N3O6S2. The summed E-state index contributed by atoms with van der Waals surface area (Å²) in [5.74, 6) is -2.50. The van der Waals surface area contributed by atoms with Gasteiger partial charge >= 0.3 is 11.9 Å². The fourth-order valence-electron chi connectivity index (χ4n) is 2.99. The highest BCUT2D eigenvalue weighted by molar-refractivity contribution is 8.00. The molecule has 0 aliphatic rings. The molecule has 0 radical (unpaired) electrons. The summed E-state index contributed by atoms with van der Waals surface area (Å²) < 4.78 is 4.94. The van der Waals surface area contributed by atoms with Crippen molar-refractivity contribution >= 4 is 57.7 Å². The van der Waals surface area contributed by atoms with Crippen LogP contribution in [-0.4, -0.2) is 40.5 Å². The molecule has 1 heterocycles. The van der Waals surface area contributed by atoms with E-state index in [9.17, 15) is 19.2 Å². The number of hydrogen-bond donors (Lipinski definition) is 3. The molecule has 3 rings (SSSR count). The van der Waals surface area contributed by atoms with Crippen molar-refractivity contribution in [2.45, 2.75) is 23.5 Å². The van der Waals surface area contributed by atoms with Crippen LogP contribution in [0.3, 0.4) is 0 Å². The summed E-state index contributed by atoms with van der Waals surface area (Å²) in [7, 11) is 0. The second kappa shape index (κ2) is 13.2. The van der Waals surface area contributed by atoms with Crippen molar-refractivity contribution in [1.82, 2.24) is 4.98 Å². The average molecular weight is 526 g/mol. The van der Waals surface area contributed by atoms with E-state index in [1.807, 2.05) is 30.3 Å². The van der Waals surface area contributed by atoms with Gasteiger partial charge in [0.15, 0.2) is 5.13 Å². The summed E-state index contributed by atoms with van der Waals surface area (Å²) in [6.07, 6.45) is 1.70. The summed E-state index contributed by atoms with van der Waals surface area (Å²) in [5.41, 5.74) is 1.73. The van der Waals surface area contributed by atoms with Crippen LogP contribution in [0.4, 0.5) is 10.8 Å². The molecule has 0 aliphatic carbocycles. The molecule has 3 N–H and O–H groups in total. The number of aromatic nitrogens is 1. The molecule has 186 valence electrons. The molecule has 0 saturated heterocycles. The van der Waals surface area contributed by atoms with E-state index in [1.54, 1.807) is 36.6 Å². The highest BCUT2D eigenvalue weighted by atomic mass is 32.2. The zero-order valence-electron chi connectivity index (χ0n) is 19.2.